The van der Waals surface area contributed by atoms with Gasteiger partial charge in [0.05, 0.1) is 11.6 Å². The molecule has 2 rings (SSSR count). The fraction of sp³-hybridized carbons (Fsp3) is 0.500. The van der Waals surface area contributed by atoms with Crippen LogP contribution in [0.3, 0.4) is 0 Å². The number of H-pyrrole nitrogens is 1. The lowest BCUT2D eigenvalue weighted by Gasteiger charge is -1.94. The van der Waals surface area contributed by atoms with Crippen LogP contribution in [0.2, 0.25) is 0 Å². The number of hydrogen-bond acceptors (Lipinski definition) is 3. The van der Waals surface area contributed by atoms with Crippen LogP contribution in [0.4, 0.5) is 0 Å². The van der Waals surface area contributed by atoms with Gasteiger partial charge in [-0.25, -0.2) is 0 Å². The Kier molecular flexibility index (Phi) is 0.990. The van der Waals surface area contributed by atoms with Crippen LogP contribution in [0, 0.1) is 0 Å². The van der Waals surface area contributed by atoms with Crippen LogP contribution in [-0.4, -0.2) is 5.16 Å². The van der Waals surface area contributed by atoms with Gasteiger partial charge in [0.2, 0.25) is 0 Å². The summed E-state index contributed by atoms with van der Waals surface area (Å²) in [6, 6.07) is -0.0750. The molecule has 0 amide bonds. The molecular weight excluding hydrogens is 132 g/mol. The van der Waals surface area contributed by atoms with Gasteiger partial charge in [0, 0.05) is 0 Å². The maximum atomic E-state index is 10.9. The minimum atomic E-state index is -0.122. The van der Waals surface area contributed by atoms with E-state index < -0.39 is 0 Å². The van der Waals surface area contributed by atoms with E-state index in [-0.39, 0.29) is 11.6 Å². The topological polar surface area (TPSA) is 72.0 Å². The second-order valence-corrected chi connectivity index (χ2v) is 2.52. The molecule has 0 bridgehead atoms. The van der Waals surface area contributed by atoms with E-state index in [9.17, 15) is 4.79 Å². The van der Waals surface area contributed by atoms with Gasteiger partial charge in [0.1, 0.15) is 0 Å². The molecule has 0 saturated heterocycles. The summed E-state index contributed by atoms with van der Waals surface area (Å²) in [5, 5.41) is 2.26. The molecule has 1 aliphatic carbocycles. The second-order valence-electron chi connectivity index (χ2n) is 2.52. The molecule has 1 aromatic rings. The fourth-order valence-electron chi connectivity index (χ4n) is 1.30. The summed E-state index contributed by atoms with van der Waals surface area (Å²) < 4.78 is 4.86. The normalized spacial score (nSPS) is 23.1. The van der Waals surface area contributed by atoms with E-state index >= 15 is 0 Å². The number of aromatic nitrogens is 1. The first-order valence-corrected chi connectivity index (χ1v) is 3.25. The van der Waals surface area contributed by atoms with E-state index in [4.69, 9.17) is 10.3 Å². The van der Waals surface area contributed by atoms with Crippen molar-refractivity contribution in [2.24, 2.45) is 5.73 Å². The van der Waals surface area contributed by atoms with Crippen LogP contribution in [0.1, 0.15) is 23.8 Å². The third kappa shape index (κ3) is 0.565. The molecule has 4 heteroatoms. The molecule has 0 aromatic carbocycles. The van der Waals surface area contributed by atoms with Gasteiger partial charge >= 0.3 is 0 Å². The van der Waals surface area contributed by atoms with Gasteiger partial charge in [0.15, 0.2) is 5.76 Å². The van der Waals surface area contributed by atoms with Crippen LogP contribution < -0.4 is 11.3 Å². The number of hydrogen-bond donors (Lipinski definition) is 2. The lowest BCUT2D eigenvalue weighted by atomic mass is 10.3. The zero-order valence-corrected chi connectivity index (χ0v) is 5.39. The van der Waals surface area contributed by atoms with Gasteiger partial charge in [-0.2, -0.15) is 5.16 Å². The van der Waals surface area contributed by atoms with Gasteiger partial charge in [-0.05, 0) is 12.8 Å². The van der Waals surface area contributed by atoms with E-state index in [1.54, 1.807) is 0 Å². The Bertz CT molecular complexity index is 299. The maximum Gasteiger partial charge on any atom is 0.283 e. The van der Waals surface area contributed by atoms with Crippen LogP contribution >= 0.6 is 0 Å². The molecule has 1 aromatic heterocycles. The SMILES string of the molecule is NC1CCc2c1o[nH]c2=O. The average molecular weight is 140 g/mol. The molecule has 1 aliphatic rings. The van der Waals surface area contributed by atoms with E-state index in [0.717, 1.165) is 18.4 Å². The number of fused-ring (bicyclic) bond motifs is 1. The van der Waals surface area contributed by atoms with Crippen molar-refractivity contribution in [1.82, 2.24) is 5.16 Å². The predicted octanol–water partition coefficient (Wildman–Crippen LogP) is -0.0861. The monoisotopic (exact) mass is 140 g/mol. The van der Waals surface area contributed by atoms with Gasteiger partial charge in [-0.1, -0.05) is 0 Å². The van der Waals surface area contributed by atoms with Crippen molar-refractivity contribution in [2.75, 3.05) is 0 Å². The van der Waals surface area contributed by atoms with E-state index in [0.29, 0.717) is 5.76 Å². The Morgan fingerprint density at radius 2 is 2.50 bits per heavy atom. The van der Waals surface area contributed by atoms with Crippen molar-refractivity contribution in [3.05, 3.63) is 21.7 Å². The highest BCUT2D eigenvalue weighted by Crippen LogP contribution is 2.25. The highest BCUT2D eigenvalue weighted by Gasteiger charge is 2.25. The first kappa shape index (κ1) is 5.73. The Hall–Kier alpha value is -1.03. The molecule has 0 aliphatic heterocycles. The van der Waals surface area contributed by atoms with E-state index in [1.807, 2.05) is 0 Å². The summed E-state index contributed by atoms with van der Waals surface area (Å²) in [7, 11) is 0. The predicted molar refractivity (Wildman–Crippen MR) is 34.6 cm³/mol. The third-order valence-electron chi connectivity index (χ3n) is 1.87. The summed E-state index contributed by atoms with van der Waals surface area (Å²) >= 11 is 0. The second kappa shape index (κ2) is 1.73. The molecule has 0 radical (unpaired) electrons. The first-order valence-electron chi connectivity index (χ1n) is 3.25. The lowest BCUT2D eigenvalue weighted by Crippen LogP contribution is -2.03. The van der Waals surface area contributed by atoms with Gasteiger partial charge in [-0.3, -0.25) is 4.79 Å². The molecule has 4 nitrogen and oxygen atoms in total. The minimum absolute atomic E-state index is 0.0750. The van der Waals surface area contributed by atoms with Crippen molar-refractivity contribution in [3.63, 3.8) is 0 Å². The Balaban J connectivity index is 2.63. The highest BCUT2D eigenvalue weighted by atomic mass is 16.5. The Morgan fingerprint density at radius 1 is 1.70 bits per heavy atom. The third-order valence-corrected chi connectivity index (χ3v) is 1.87. The molecule has 1 unspecified atom stereocenters. The van der Waals surface area contributed by atoms with Crippen molar-refractivity contribution in [2.45, 2.75) is 18.9 Å². The summed E-state index contributed by atoms with van der Waals surface area (Å²) in [4.78, 5) is 10.9. The van der Waals surface area contributed by atoms with Gasteiger partial charge in [-0.15, -0.1) is 0 Å². The molecule has 0 fully saturated rings. The quantitative estimate of drug-likeness (QED) is 0.529. The molecule has 54 valence electrons. The molecule has 10 heavy (non-hydrogen) atoms. The van der Waals surface area contributed by atoms with Crippen LogP contribution in [-0.2, 0) is 6.42 Å². The first-order chi connectivity index (χ1) is 4.79. The molecule has 1 heterocycles. The van der Waals surface area contributed by atoms with Gasteiger partial charge in [0.25, 0.3) is 5.56 Å². The standard InChI is InChI=1S/C6H8N2O2/c7-4-2-1-3-5(4)10-8-6(3)9/h4H,1-2,7H2,(H,8,9). The van der Waals surface area contributed by atoms with Crippen LogP contribution in [0.5, 0.6) is 0 Å². The molecular formula is C6H8N2O2. The zero-order chi connectivity index (χ0) is 7.14. The molecule has 0 saturated carbocycles. The Morgan fingerprint density at radius 3 is 3.20 bits per heavy atom. The van der Waals surface area contributed by atoms with Crippen molar-refractivity contribution < 1.29 is 4.52 Å². The summed E-state index contributed by atoms with van der Waals surface area (Å²) in [5.74, 6) is 0.644. The van der Waals surface area contributed by atoms with Crippen molar-refractivity contribution in [1.29, 1.82) is 0 Å². The van der Waals surface area contributed by atoms with Crippen molar-refractivity contribution in [3.8, 4) is 0 Å². The van der Waals surface area contributed by atoms with E-state index in [1.165, 1.54) is 0 Å². The minimum Gasteiger partial charge on any atom is -0.382 e. The Labute approximate surface area is 57.0 Å². The van der Waals surface area contributed by atoms with E-state index in [2.05, 4.69) is 5.16 Å². The molecule has 0 spiro atoms. The van der Waals surface area contributed by atoms with Gasteiger partial charge < -0.3 is 10.3 Å². The zero-order valence-electron chi connectivity index (χ0n) is 5.39. The summed E-state index contributed by atoms with van der Waals surface area (Å²) in [6.07, 6.45) is 1.58. The summed E-state index contributed by atoms with van der Waals surface area (Å²) in [5.41, 5.74) is 6.21. The van der Waals surface area contributed by atoms with Crippen LogP contribution in [0.25, 0.3) is 0 Å². The largest absolute Gasteiger partial charge is 0.382 e. The molecule has 3 N–H and O–H groups in total. The molecule has 1 atom stereocenters. The number of nitrogens with two attached hydrogens (primary N) is 1. The number of aromatic amines is 1. The average Bonchev–Trinajstić information content (AvgIpc) is 2.41. The number of rotatable bonds is 0. The smallest absolute Gasteiger partial charge is 0.283 e. The highest BCUT2D eigenvalue weighted by molar-refractivity contribution is 5.22. The van der Waals surface area contributed by atoms with Crippen molar-refractivity contribution >= 4 is 0 Å². The summed E-state index contributed by atoms with van der Waals surface area (Å²) in [6.45, 7) is 0. The maximum absolute atomic E-state index is 10.9. The fourth-order valence-corrected chi connectivity index (χ4v) is 1.30. The number of nitrogens with one attached hydrogen (secondary N) is 1. The van der Waals surface area contributed by atoms with Crippen LogP contribution in [0.15, 0.2) is 9.32 Å². The lowest BCUT2D eigenvalue weighted by molar-refractivity contribution is 0.360.